The maximum atomic E-state index is 11.3. The van der Waals surface area contributed by atoms with Gasteiger partial charge in [-0.2, -0.15) is 5.26 Å². The molecular weight excluding hydrogens is 234 g/mol. The number of hydrogen-bond acceptors (Lipinski definition) is 4. The van der Waals surface area contributed by atoms with Crippen LogP contribution in [0.3, 0.4) is 0 Å². The number of nitriles is 1. The van der Waals surface area contributed by atoms with Gasteiger partial charge in [0.2, 0.25) is 5.91 Å². The highest BCUT2D eigenvalue weighted by Crippen LogP contribution is 2.10. The predicted molar refractivity (Wildman–Crippen MR) is 63.5 cm³/mol. The summed E-state index contributed by atoms with van der Waals surface area (Å²) in [5.74, 6) is -0.303. The highest BCUT2D eigenvalue weighted by atomic mass is 16.5. The molecule has 0 spiro atoms. The van der Waals surface area contributed by atoms with E-state index in [4.69, 9.17) is 15.7 Å². The second kappa shape index (κ2) is 6.91. The van der Waals surface area contributed by atoms with E-state index in [0.29, 0.717) is 11.3 Å². The Morgan fingerprint density at radius 2 is 2.00 bits per heavy atom. The van der Waals surface area contributed by atoms with E-state index in [-0.39, 0.29) is 25.5 Å². The van der Waals surface area contributed by atoms with Gasteiger partial charge in [-0.05, 0) is 24.3 Å². The Morgan fingerprint density at radius 1 is 1.33 bits per heavy atom. The summed E-state index contributed by atoms with van der Waals surface area (Å²) >= 11 is 0. The molecule has 0 unspecified atom stereocenters. The van der Waals surface area contributed by atoms with Gasteiger partial charge in [0.05, 0.1) is 11.6 Å². The highest BCUT2D eigenvalue weighted by Gasteiger charge is 2.03. The Balaban J connectivity index is 2.29. The van der Waals surface area contributed by atoms with Crippen molar-refractivity contribution in [3.63, 3.8) is 0 Å². The summed E-state index contributed by atoms with van der Waals surface area (Å²) in [5, 5.41) is 11.1. The summed E-state index contributed by atoms with van der Waals surface area (Å²) in [6.07, 6.45) is 0.0998. The highest BCUT2D eigenvalue weighted by molar-refractivity contribution is 5.79. The maximum Gasteiger partial charge on any atom is 0.257 e. The lowest BCUT2D eigenvalue weighted by molar-refractivity contribution is -0.123. The SMILES string of the molecule is N#Cc1ccc(OCC(=O)NCCC(N)=O)cc1. The van der Waals surface area contributed by atoms with Crippen molar-refractivity contribution in [3.8, 4) is 11.8 Å². The number of carbonyl (C=O) groups excluding carboxylic acids is 2. The summed E-state index contributed by atoms with van der Waals surface area (Å²) in [5.41, 5.74) is 5.44. The van der Waals surface area contributed by atoms with E-state index < -0.39 is 5.91 Å². The molecule has 0 bridgehead atoms. The first kappa shape index (κ1) is 13.5. The zero-order chi connectivity index (χ0) is 13.4. The quantitative estimate of drug-likeness (QED) is 0.733. The second-order valence-electron chi connectivity index (χ2n) is 3.49. The number of nitrogens with zero attached hydrogens (tertiary/aromatic N) is 1. The van der Waals surface area contributed by atoms with Gasteiger partial charge in [-0.1, -0.05) is 0 Å². The lowest BCUT2D eigenvalue weighted by Gasteiger charge is -2.06. The minimum atomic E-state index is -0.469. The van der Waals surface area contributed by atoms with Crippen molar-refractivity contribution in [1.29, 1.82) is 5.26 Å². The molecule has 18 heavy (non-hydrogen) atoms. The predicted octanol–water partition coefficient (Wildman–Crippen LogP) is -0.0713. The molecule has 1 aromatic carbocycles. The number of hydrogen-bond donors (Lipinski definition) is 2. The average molecular weight is 247 g/mol. The molecule has 0 fully saturated rings. The topological polar surface area (TPSA) is 105 Å². The van der Waals surface area contributed by atoms with Gasteiger partial charge in [0.15, 0.2) is 6.61 Å². The van der Waals surface area contributed by atoms with Crippen LogP contribution in [0.5, 0.6) is 5.75 Å². The molecule has 3 N–H and O–H groups in total. The number of benzene rings is 1. The van der Waals surface area contributed by atoms with Gasteiger partial charge in [0.25, 0.3) is 5.91 Å². The molecule has 0 aromatic heterocycles. The summed E-state index contributed by atoms with van der Waals surface area (Å²) in [4.78, 5) is 21.7. The van der Waals surface area contributed by atoms with Gasteiger partial charge in [0.1, 0.15) is 5.75 Å². The van der Waals surface area contributed by atoms with Crippen molar-refractivity contribution in [2.24, 2.45) is 5.73 Å². The van der Waals surface area contributed by atoms with Crippen LogP contribution in [0.25, 0.3) is 0 Å². The third-order valence-electron chi connectivity index (χ3n) is 2.05. The van der Waals surface area contributed by atoms with E-state index in [9.17, 15) is 9.59 Å². The normalized spacial score (nSPS) is 9.28. The monoisotopic (exact) mass is 247 g/mol. The van der Waals surface area contributed by atoms with Crippen LogP contribution < -0.4 is 15.8 Å². The molecule has 0 saturated carbocycles. The first-order valence-corrected chi connectivity index (χ1v) is 5.30. The van der Waals surface area contributed by atoms with E-state index in [1.807, 2.05) is 6.07 Å². The summed E-state index contributed by atoms with van der Waals surface area (Å²) in [7, 11) is 0. The van der Waals surface area contributed by atoms with Crippen molar-refractivity contribution in [1.82, 2.24) is 5.32 Å². The Labute approximate surface area is 104 Å². The maximum absolute atomic E-state index is 11.3. The van der Waals surface area contributed by atoms with Gasteiger partial charge in [-0.25, -0.2) is 0 Å². The molecule has 0 saturated heterocycles. The second-order valence-corrected chi connectivity index (χ2v) is 3.49. The van der Waals surface area contributed by atoms with E-state index in [2.05, 4.69) is 5.32 Å². The van der Waals surface area contributed by atoms with Crippen LogP contribution in [0, 0.1) is 11.3 Å². The van der Waals surface area contributed by atoms with Gasteiger partial charge in [-0.15, -0.1) is 0 Å². The minimum absolute atomic E-state index is 0.0998. The lowest BCUT2D eigenvalue weighted by Crippen LogP contribution is -2.31. The zero-order valence-corrected chi connectivity index (χ0v) is 9.68. The molecule has 1 rings (SSSR count). The average Bonchev–Trinajstić information content (AvgIpc) is 2.36. The first-order chi connectivity index (χ1) is 8.61. The number of ether oxygens (including phenoxy) is 1. The molecule has 0 atom stereocenters. The first-order valence-electron chi connectivity index (χ1n) is 5.30. The van der Waals surface area contributed by atoms with Crippen molar-refractivity contribution in [2.75, 3.05) is 13.2 Å². The van der Waals surface area contributed by atoms with Gasteiger partial charge in [-0.3, -0.25) is 9.59 Å². The molecule has 0 radical (unpaired) electrons. The van der Waals surface area contributed by atoms with E-state index in [1.54, 1.807) is 24.3 Å². The van der Waals surface area contributed by atoms with Crippen LogP contribution >= 0.6 is 0 Å². The summed E-state index contributed by atoms with van der Waals surface area (Å²) < 4.78 is 5.19. The van der Waals surface area contributed by atoms with Crippen molar-refractivity contribution in [3.05, 3.63) is 29.8 Å². The molecule has 6 nitrogen and oxygen atoms in total. The van der Waals surface area contributed by atoms with Gasteiger partial charge >= 0.3 is 0 Å². The number of nitrogens with one attached hydrogen (secondary N) is 1. The molecule has 6 heteroatoms. The molecular formula is C12H13N3O3. The zero-order valence-electron chi connectivity index (χ0n) is 9.68. The fraction of sp³-hybridized carbons (Fsp3) is 0.250. The summed E-state index contributed by atoms with van der Waals surface area (Å²) in [6, 6.07) is 8.39. The largest absolute Gasteiger partial charge is 0.484 e. The molecule has 94 valence electrons. The van der Waals surface area contributed by atoms with Crippen LogP contribution in [0.15, 0.2) is 24.3 Å². The van der Waals surface area contributed by atoms with Gasteiger partial charge in [0, 0.05) is 13.0 Å². The Bertz CT molecular complexity index is 462. The third kappa shape index (κ3) is 4.99. The fourth-order valence-electron chi connectivity index (χ4n) is 1.15. The fourth-order valence-corrected chi connectivity index (χ4v) is 1.15. The van der Waals surface area contributed by atoms with E-state index in [1.165, 1.54) is 0 Å². The molecule has 2 amide bonds. The van der Waals surface area contributed by atoms with Crippen LogP contribution in [-0.2, 0) is 9.59 Å². The van der Waals surface area contributed by atoms with Crippen molar-refractivity contribution >= 4 is 11.8 Å². The Hall–Kier alpha value is -2.55. The molecule has 1 aromatic rings. The van der Waals surface area contributed by atoms with Crippen LogP contribution in [0.4, 0.5) is 0 Å². The smallest absolute Gasteiger partial charge is 0.257 e. The molecule has 0 aliphatic rings. The molecule has 0 aliphatic carbocycles. The van der Waals surface area contributed by atoms with Crippen molar-refractivity contribution in [2.45, 2.75) is 6.42 Å². The van der Waals surface area contributed by atoms with Crippen molar-refractivity contribution < 1.29 is 14.3 Å². The number of carbonyl (C=O) groups is 2. The number of primary amides is 1. The minimum Gasteiger partial charge on any atom is -0.484 e. The number of amides is 2. The molecule has 0 aliphatic heterocycles. The number of rotatable bonds is 6. The van der Waals surface area contributed by atoms with Crippen LogP contribution in [0.1, 0.15) is 12.0 Å². The van der Waals surface area contributed by atoms with Gasteiger partial charge < -0.3 is 15.8 Å². The molecule has 0 heterocycles. The summed E-state index contributed by atoms with van der Waals surface area (Å²) in [6.45, 7) is 0.0511. The van der Waals surface area contributed by atoms with E-state index >= 15 is 0 Å². The third-order valence-corrected chi connectivity index (χ3v) is 2.05. The van der Waals surface area contributed by atoms with Crippen LogP contribution in [0.2, 0.25) is 0 Å². The van der Waals surface area contributed by atoms with Crippen LogP contribution in [-0.4, -0.2) is 25.0 Å². The Morgan fingerprint density at radius 3 is 2.56 bits per heavy atom. The number of nitrogens with two attached hydrogens (primary N) is 1. The van der Waals surface area contributed by atoms with E-state index in [0.717, 1.165) is 0 Å². The lowest BCUT2D eigenvalue weighted by atomic mass is 10.2. The Kier molecular flexibility index (Phi) is 5.19. The standard InChI is InChI=1S/C12H13N3O3/c13-7-9-1-3-10(4-2-9)18-8-12(17)15-6-5-11(14)16/h1-4H,5-6,8H2,(H2,14,16)(H,15,17).